The summed E-state index contributed by atoms with van der Waals surface area (Å²) in [7, 11) is -4.78. The fourth-order valence-corrected chi connectivity index (χ4v) is 6.72. The van der Waals surface area contributed by atoms with E-state index < -0.39 is 32.5 Å². The summed E-state index contributed by atoms with van der Waals surface area (Å²) in [4.78, 5) is 43.0. The number of hydrogen-bond donors (Lipinski definition) is 2. The van der Waals surface area contributed by atoms with Gasteiger partial charge in [0.05, 0.1) is 6.61 Å². The van der Waals surface area contributed by atoms with Crippen molar-refractivity contribution in [3.05, 3.63) is 85.1 Å². The highest BCUT2D eigenvalue weighted by molar-refractivity contribution is 7.46. The number of phosphoric ester groups is 1. The molecule has 0 bridgehead atoms. The molecule has 0 saturated carbocycles. The zero-order chi connectivity index (χ0) is 43.9. The van der Waals surface area contributed by atoms with E-state index in [1.54, 1.807) is 0 Å². The summed E-state index contributed by atoms with van der Waals surface area (Å²) in [5.41, 5.74) is 0. The van der Waals surface area contributed by atoms with Crippen molar-refractivity contribution in [2.45, 2.75) is 213 Å². The number of ether oxygens (including phenoxy) is 2. The first kappa shape index (κ1) is 57.2. The molecule has 60 heavy (non-hydrogen) atoms. The molecule has 0 aliphatic rings. The lowest BCUT2D eigenvalue weighted by atomic mass is 10.0. The second-order valence-electron chi connectivity index (χ2n) is 15.7. The van der Waals surface area contributed by atoms with Gasteiger partial charge in [0, 0.05) is 12.8 Å². The fraction of sp³-hybridized carbons (Fsp3) is 0.686. The smallest absolute Gasteiger partial charge is 0.462 e. The maximum atomic E-state index is 12.4. The van der Waals surface area contributed by atoms with Gasteiger partial charge in [0.1, 0.15) is 6.61 Å². The Labute approximate surface area is 367 Å². The van der Waals surface area contributed by atoms with Gasteiger partial charge >= 0.3 is 19.8 Å². The second-order valence-corrected chi connectivity index (χ2v) is 16.9. The van der Waals surface area contributed by atoms with Crippen LogP contribution in [0.25, 0.3) is 0 Å². The molecule has 0 fully saturated rings. The van der Waals surface area contributed by atoms with Crippen LogP contribution < -0.4 is 0 Å². The number of hydrogen-bond acceptors (Lipinski definition) is 6. The number of carbonyl (C=O) groups is 2. The Bertz CT molecular complexity index is 1240. The van der Waals surface area contributed by atoms with E-state index in [0.717, 1.165) is 77.0 Å². The third-order valence-corrected chi connectivity index (χ3v) is 10.4. The predicted octanol–water partition coefficient (Wildman–Crippen LogP) is 15.2. The first-order valence-electron chi connectivity index (χ1n) is 23.9. The van der Waals surface area contributed by atoms with Crippen LogP contribution >= 0.6 is 7.82 Å². The minimum Gasteiger partial charge on any atom is -0.462 e. The maximum Gasteiger partial charge on any atom is 0.469 e. The van der Waals surface area contributed by atoms with Crippen LogP contribution in [0, 0.1) is 0 Å². The number of phosphoric acid groups is 1. The first-order valence-corrected chi connectivity index (χ1v) is 25.4. The van der Waals surface area contributed by atoms with Crippen LogP contribution in [-0.2, 0) is 28.2 Å². The number of carbonyl (C=O) groups excluding carboxylic acids is 2. The van der Waals surface area contributed by atoms with Crippen LogP contribution in [0.1, 0.15) is 206 Å². The van der Waals surface area contributed by atoms with Crippen molar-refractivity contribution < 1.29 is 37.9 Å². The molecule has 0 aromatic rings. The molecule has 8 nitrogen and oxygen atoms in total. The summed E-state index contributed by atoms with van der Waals surface area (Å²) in [6.45, 7) is 3.53. The third-order valence-electron chi connectivity index (χ3n) is 9.88. The van der Waals surface area contributed by atoms with E-state index in [0.29, 0.717) is 12.8 Å². The van der Waals surface area contributed by atoms with Crippen molar-refractivity contribution in [2.75, 3.05) is 13.2 Å². The summed E-state index contributed by atoms with van der Waals surface area (Å²) < 4.78 is 26.4. The average Bonchev–Trinajstić information content (AvgIpc) is 3.22. The van der Waals surface area contributed by atoms with Crippen LogP contribution in [0.2, 0.25) is 0 Å². The lowest BCUT2D eigenvalue weighted by Crippen LogP contribution is -2.29. The van der Waals surface area contributed by atoms with Crippen molar-refractivity contribution in [1.82, 2.24) is 0 Å². The van der Waals surface area contributed by atoms with Crippen molar-refractivity contribution >= 4 is 19.8 Å². The van der Waals surface area contributed by atoms with Crippen LogP contribution in [-0.4, -0.2) is 41.0 Å². The molecule has 0 radical (unpaired) electrons. The minimum atomic E-state index is -4.78. The lowest BCUT2D eigenvalue weighted by molar-refractivity contribution is -0.161. The molecule has 1 atom stereocenters. The molecule has 0 aliphatic carbocycles. The highest BCUT2D eigenvalue weighted by Crippen LogP contribution is 2.36. The highest BCUT2D eigenvalue weighted by Gasteiger charge is 2.22. The Hall–Kier alpha value is -2.77. The van der Waals surface area contributed by atoms with E-state index in [1.807, 2.05) is 0 Å². The van der Waals surface area contributed by atoms with Gasteiger partial charge in [-0.2, -0.15) is 0 Å². The predicted molar refractivity (Wildman–Crippen MR) is 253 cm³/mol. The Kier molecular flexibility index (Phi) is 43.6. The summed E-state index contributed by atoms with van der Waals surface area (Å²) in [6, 6.07) is 0. The zero-order valence-electron chi connectivity index (χ0n) is 38.1. The fourth-order valence-electron chi connectivity index (χ4n) is 6.36. The molecular weight excluding hydrogens is 772 g/mol. The Morgan fingerprint density at radius 2 is 0.833 bits per heavy atom. The number of rotatable bonds is 43. The van der Waals surface area contributed by atoms with E-state index in [1.165, 1.54) is 89.9 Å². The SMILES string of the molecule is CC/C=C/C/C=C/C/C=C/C/C=C/C/C=C/CCCCCC(=O)OC[C@H](COP(=O)(O)O)OC(=O)CCC/C=C/CC/C=C/CCCCCCCCCCCCCCCC. The second kappa shape index (κ2) is 45.7. The molecule has 0 amide bonds. The molecule has 0 saturated heterocycles. The summed E-state index contributed by atoms with van der Waals surface area (Å²) in [5.74, 6) is -0.975. The molecule has 0 aromatic heterocycles. The Morgan fingerprint density at radius 1 is 0.450 bits per heavy atom. The highest BCUT2D eigenvalue weighted by atomic mass is 31.2. The largest absolute Gasteiger partial charge is 0.469 e. The Balaban J connectivity index is 3.98. The van der Waals surface area contributed by atoms with Gasteiger partial charge in [-0.3, -0.25) is 14.1 Å². The molecule has 2 N–H and O–H groups in total. The summed E-state index contributed by atoms with van der Waals surface area (Å²) in [5, 5.41) is 0. The molecular formula is C51H87O8P. The molecule has 0 spiro atoms. The molecule has 0 heterocycles. The summed E-state index contributed by atoms with van der Waals surface area (Å²) in [6.07, 6.45) is 61.8. The van der Waals surface area contributed by atoms with E-state index in [9.17, 15) is 14.2 Å². The van der Waals surface area contributed by atoms with Gasteiger partial charge in [0.2, 0.25) is 0 Å². The maximum absolute atomic E-state index is 12.4. The monoisotopic (exact) mass is 859 g/mol. The molecule has 0 aromatic carbocycles. The van der Waals surface area contributed by atoms with E-state index in [-0.39, 0.29) is 19.4 Å². The molecule has 0 unspecified atom stereocenters. The van der Waals surface area contributed by atoms with Gasteiger partial charge in [0.25, 0.3) is 0 Å². The standard InChI is InChI=1S/C51H87O8P/c1-3-5-7-9-11-13-15-17-19-21-23-24-25-26-28-30-32-34-36-38-40-42-44-46-51(53)59-49(48-58-60(54,55)56)47-57-50(52)45-43-41-39-37-35-33-31-29-27-22-20-18-16-14-12-10-8-6-4-2/h6,8,12,14,18,20,27,29-30,32-33,35,38,40,49H,3-5,7,9-11,13,15-17,19,21-26,28,31,34,36-37,39,41-48H2,1-2H3,(H2,54,55,56)/b8-6+,14-12+,20-18+,29-27+,32-30+,35-33+,40-38+/t49-/m1/s1. The van der Waals surface area contributed by atoms with Crippen molar-refractivity contribution in [3.63, 3.8) is 0 Å². The van der Waals surface area contributed by atoms with Crippen molar-refractivity contribution in [3.8, 4) is 0 Å². The Morgan fingerprint density at radius 3 is 1.32 bits per heavy atom. The average molecular weight is 859 g/mol. The third kappa shape index (κ3) is 47.9. The van der Waals surface area contributed by atoms with Crippen LogP contribution in [0.3, 0.4) is 0 Å². The first-order chi connectivity index (χ1) is 29.3. The van der Waals surface area contributed by atoms with Gasteiger partial charge in [-0.15, -0.1) is 0 Å². The normalized spacial score (nSPS) is 13.2. The van der Waals surface area contributed by atoms with Crippen LogP contribution in [0.15, 0.2) is 85.1 Å². The number of unbranched alkanes of at least 4 members (excludes halogenated alkanes) is 19. The zero-order valence-corrected chi connectivity index (χ0v) is 39.0. The molecule has 9 heteroatoms. The molecule has 344 valence electrons. The quantitative estimate of drug-likeness (QED) is 0.0269. The van der Waals surface area contributed by atoms with Gasteiger partial charge < -0.3 is 19.3 Å². The van der Waals surface area contributed by atoms with Crippen LogP contribution in [0.4, 0.5) is 0 Å². The van der Waals surface area contributed by atoms with Gasteiger partial charge in [-0.05, 0) is 89.9 Å². The van der Waals surface area contributed by atoms with Crippen molar-refractivity contribution in [2.24, 2.45) is 0 Å². The van der Waals surface area contributed by atoms with Gasteiger partial charge in [-0.25, -0.2) is 4.57 Å². The van der Waals surface area contributed by atoms with E-state index in [4.69, 9.17) is 19.3 Å². The van der Waals surface area contributed by atoms with Gasteiger partial charge in [-0.1, -0.05) is 189 Å². The number of allylic oxidation sites excluding steroid dienone is 14. The van der Waals surface area contributed by atoms with Gasteiger partial charge in [0.15, 0.2) is 6.10 Å². The minimum absolute atomic E-state index is 0.141. The summed E-state index contributed by atoms with van der Waals surface area (Å²) >= 11 is 0. The molecule has 0 aliphatic heterocycles. The molecule has 0 rings (SSSR count). The number of esters is 2. The van der Waals surface area contributed by atoms with E-state index >= 15 is 0 Å². The van der Waals surface area contributed by atoms with E-state index in [2.05, 4.69) is 103 Å². The van der Waals surface area contributed by atoms with Crippen LogP contribution in [0.5, 0.6) is 0 Å². The lowest BCUT2D eigenvalue weighted by Gasteiger charge is -2.18. The topological polar surface area (TPSA) is 119 Å². The van der Waals surface area contributed by atoms with Crippen molar-refractivity contribution in [1.29, 1.82) is 0 Å².